The maximum atomic E-state index is 12.4. The second-order valence-corrected chi connectivity index (χ2v) is 7.46. The first-order valence-electron chi connectivity index (χ1n) is 9.11. The number of likely N-dealkylation sites (N-methyl/N-ethyl adjacent to an activating group) is 1. The summed E-state index contributed by atoms with van der Waals surface area (Å²) in [4.78, 5) is 37.2. The van der Waals surface area contributed by atoms with E-state index in [1.54, 1.807) is 4.90 Å². The van der Waals surface area contributed by atoms with Crippen LogP contribution < -0.4 is 15.5 Å². The molecule has 28 heavy (non-hydrogen) atoms. The number of anilines is 3. The molecule has 2 aromatic heterocycles. The molecule has 2 aliphatic rings. The lowest BCUT2D eigenvalue weighted by atomic mass is 9.99. The van der Waals surface area contributed by atoms with Crippen LogP contribution in [0.1, 0.15) is 30.0 Å². The molecule has 4 rings (SSSR count). The molecule has 11 heteroatoms. The van der Waals surface area contributed by atoms with Crippen LogP contribution in [0.25, 0.3) is 0 Å². The number of amides is 2. The molecule has 1 fully saturated rings. The number of hydrogen-bond donors (Lipinski definition) is 2. The normalized spacial score (nSPS) is 19.3. The number of carbonyl (C=O) groups excluding carboxylic acids is 2. The molecule has 2 amide bonds. The highest BCUT2D eigenvalue weighted by molar-refractivity contribution is 6.03. The highest BCUT2D eigenvalue weighted by atomic mass is 16.6. The van der Waals surface area contributed by atoms with Gasteiger partial charge in [0.05, 0.1) is 11.7 Å². The Balaban J connectivity index is 1.47. The molecule has 148 valence electrons. The van der Waals surface area contributed by atoms with Gasteiger partial charge in [-0.2, -0.15) is 4.98 Å². The summed E-state index contributed by atoms with van der Waals surface area (Å²) < 4.78 is 4.47. The van der Waals surface area contributed by atoms with Crippen LogP contribution in [-0.4, -0.2) is 69.2 Å². The Labute approximate surface area is 161 Å². The minimum Gasteiger partial charge on any atom is -0.348 e. The van der Waals surface area contributed by atoms with Crippen molar-refractivity contribution in [2.45, 2.75) is 32.9 Å². The van der Waals surface area contributed by atoms with E-state index in [1.165, 1.54) is 6.20 Å². The third-order valence-corrected chi connectivity index (χ3v) is 5.05. The SMILES string of the molecule is Cc1nc(NC2CN(C(=O)c3cnon3)C2)nc2c1NC(=O)C(C(C)C)N2C. The standard InChI is InChI=1S/C17H22N8O3/c1-8(2)13-15(26)21-12-9(3)19-17(22-14(12)24(13)4)20-10-6-25(7-10)16(27)11-5-18-28-23-11/h5,8,10,13H,6-7H2,1-4H3,(H,21,26)(H,19,20,22). The number of carbonyl (C=O) groups is 2. The van der Waals surface area contributed by atoms with E-state index in [0.29, 0.717) is 36.2 Å². The monoisotopic (exact) mass is 386 g/mol. The van der Waals surface area contributed by atoms with Gasteiger partial charge in [0.15, 0.2) is 11.5 Å². The van der Waals surface area contributed by atoms with Gasteiger partial charge >= 0.3 is 0 Å². The highest BCUT2D eigenvalue weighted by Crippen LogP contribution is 2.34. The maximum absolute atomic E-state index is 12.4. The molecule has 0 aromatic carbocycles. The number of nitrogens with one attached hydrogen (secondary N) is 2. The Kier molecular flexibility index (Phi) is 4.36. The van der Waals surface area contributed by atoms with Crippen molar-refractivity contribution in [3.63, 3.8) is 0 Å². The van der Waals surface area contributed by atoms with Gasteiger partial charge in [-0.05, 0) is 18.0 Å². The fourth-order valence-electron chi connectivity index (χ4n) is 3.62. The first-order chi connectivity index (χ1) is 13.3. The fraction of sp³-hybridized carbons (Fsp3) is 0.529. The van der Waals surface area contributed by atoms with E-state index in [-0.39, 0.29) is 35.5 Å². The fourth-order valence-corrected chi connectivity index (χ4v) is 3.62. The zero-order valence-electron chi connectivity index (χ0n) is 16.1. The Morgan fingerprint density at radius 2 is 2.11 bits per heavy atom. The molecule has 1 unspecified atom stereocenters. The topological polar surface area (TPSA) is 129 Å². The zero-order valence-corrected chi connectivity index (χ0v) is 16.1. The third-order valence-electron chi connectivity index (χ3n) is 5.05. The molecule has 11 nitrogen and oxygen atoms in total. The van der Waals surface area contributed by atoms with Crippen LogP contribution >= 0.6 is 0 Å². The lowest BCUT2D eigenvalue weighted by Gasteiger charge is -2.40. The minimum atomic E-state index is -0.289. The van der Waals surface area contributed by atoms with Crippen molar-refractivity contribution >= 4 is 29.3 Å². The lowest BCUT2D eigenvalue weighted by molar-refractivity contribution is -0.118. The van der Waals surface area contributed by atoms with Gasteiger partial charge in [-0.15, -0.1) is 0 Å². The Hall–Kier alpha value is -3.24. The van der Waals surface area contributed by atoms with Gasteiger partial charge in [0, 0.05) is 20.1 Å². The Morgan fingerprint density at radius 1 is 1.36 bits per heavy atom. The van der Waals surface area contributed by atoms with Gasteiger partial charge < -0.3 is 20.4 Å². The van der Waals surface area contributed by atoms with E-state index >= 15 is 0 Å². The molecule has 1 saturated heterocycles. The molecule has 0 aliphatic carbocycles. The highest BCUT2D eigenvalue weighted by Gasteiger charge is 2.36. The van der Waals surface area contributed by atoms with Gasteiger partial charge in [-0.3, -0.25) is 9.59 Å². The van der Waals surface area contributed by atoms with Gasteiger partial charge in [-0.25, -0.2) is 9.61 Å². The van der Waals surface area contributed by atoms with Crippen LogP contribution in [-0.2, 0) is 4.79 Å². The number of aromatic nitrogens is 4. The Bertz CT molecular complexity index is 907. The predicted octanol–water partition coefficient (Wildman–Crippen LogP) is 0.517. The van der Waals surface area contributed by atoms with E-state index < -0.39 is 0 Å². The van der Waals surface area contributed by atoms with Crippen LogP contribution in [0, 0.1) is 12.8 Å². The van der Waals surface area contributed by atoms with Crippen LogP contribution in [0.2, 0.25) is 0 Å². The average molecular weight is 386 g/mol. The van der Waals surface area contributed by atoms with Crippen molar-refractivity contribution in [1.29, 1.82) is 0 Å². The van der Waals surface area contributed by atoms with Gasteiger partial charge in [0.1, 0.15) is 17.9 Å². The number of likely N-dealkylation sites (tertiary alicyclic amines) is 1. The Morgan fingerprint density at radius 3 is 2.75 bits per heavy atom. The largest absolute Gasteiger partial charge is 0.348 e. The van der Waals surface area contributed by atoms with Crippen molar-refractivity contribution in [2.75, 3.05) is 35.7 Å². The van der Waals surface area contributed by atoms with E-state index in [0.717, 1.165) is 0 Å². The number of aryl methyl sites for hydroxylation is 1. The summed E-state index contributed by atoms with van der Waals surface area (Å²) in [5.74, 6) is 1.04. The first kappa shape index (κ1) is 18.1. The van der Waals surface area contributed by atoms with Crippen molar-refractivity contribution in [3.8, 4) is 0 Å². The summed E-state index contributed by atoms with van der Waals surface area (Å²) in [6.45, 7) is 6.86. The molecule has 2 aliphatic heterocycles. The summed E-state index contributed by atoms with van der Waals surface area (Å²) >= 11 is 0. The molecule has 2 N–H and O–H groups in total. The van der Waals surface area contributed by atoms with Crippen molar-refractivity contribution in [3.05, 3.63) is 17.6 Å². The summed E-state index contributed by atoms with van der Waals surface area (Å²) in [5.41, 5.74) is 1.52. The van der Waals surface area contributed by atoms with Gasteiger partial charge in [-0.1, -0.05) is 19.0 Å². The zero-order chi connectivity index (χ0) is 20.0. The van der Waals surface area contributed by atoms with Gasteiger partial charge in [0.25, 0.3) is 5.91 Å². The minimum absolute atomic E-state index is 0.0330. The molecule has 1 atom stereocenters. The van der Waals surface area contributed by atoms with Crippen molar-refractivity contribution in [2.24, 2.45) is 5.92 Å². The third kappa shape index (κ3) is 3.02. The molecular weight excluding hydrogens is 364 g/mol. The van der Waals surface area contributed by atoms with Crippen molar-refractivity contribution < 1.29 is 14.2 Å². The van der Waals surface area contributed by atoms with Crippen LogP contribution in [0.3, 0.4) is 0 Å². The van der Waals surface area contributed by atoms with E-state index in [9.17, 15) is 9.59 Å². The smallest absolute Gasteiger partial charge is 0.277 e. The summed E-state index contributed by atoms with van der Waals surface area (Å²) in [7, 11) is 1.87. The molecule has 0 saturated carbocycles. The molecule has 4 heterocycles. The summed E-state index contributed by atoms with van der Waals surface area (Å²) in [6, 6.07) is -0.256. The summed E-state index contributed by atoms with van der Waals surface area (Å²) in [6.07, 6.45) is 1.30. The van der Waals surface area contributed by atoms with Gasteiger partial charge in [0.2, 0.25) is 11.9 Å². The molecule has 2 aromatic rings. The van der Waals surface area contributed by atoms with Crippen LogP contribution in [0.15, 0.2) is 10.8 Å². The van der Waals surface area contributed by atoms with E-state index in [2.05, 4.69) is 35.5 Å². The van der Waals surface area contributed by atoms with E-state index in [1.807, 2.05) is 32.7 Å². The van der Waals surface area contributed by atoms with Crippen molar-refractivity contribution in [1.82, 2.24) is 25.2 Å². The quantitative estimate of drug-likeness (QED) is 0.772. The first-order valence-corrected chi connectivity index (χ1v) is 9.11. The summed E-state index contributed by atoms with van der Waals surface area (Å²) in [5, 5.41) is 13.2. The second kappa shape index (κ2) is 6.73. The number of nitrogens with zero attached hydrogens (tertiary/aromatic N) is 6. The molecular formula is C17H22N8O3. The second-order valence-electron chi connectivity index (χ2n) is 7.46. The maximum Gasteiger partial charge on any atom is 0.277 e. The lowest BCUT2D eigenvalue weighted by Crippen LogP contribution is -2.57. The number of hydrogen-bond acceptors (Lipinski definition) is 9. The van der Waals surface area contributed by atoms with Crippen LogP contribution in [0.5, 0.6) is 0 Å². The number of fused-ring (bicyclic) bond motifs is 1. The molecule has 0 radical (unpaired) electrons. The van der Waals surface area contributed by atoms with E-state index in [4.69, 9.17) is 0 Å². The van der Waals surface area contributed by atoms with Crippen LogP contribution in [0.4, 0.5) is 17.5 Å². The number of rotatable bonds is 4. The molecule has 0 spiro atoms. The average Bonchev–Trinajstić information content (AvgIpc) is 3.12. The predicted molar refractivity (Wildman–Crippen MR) is 100 cm³/mol. The molecule has 0 bridgehead atoms.